The van der Waals surface area contributed by atoms with E-state index in [0.29, 0.717) is 0 Å². The Bertz CT molecular complexity index is 789. The molecule has 1 aromatic heterocycles. The Hall–Kier alpha value is -1.62. The monoisotopic (exact) mass is 373 g/mol. The molecule has 3 rings (SSSR count). The molecule has 0 aromatic carbocycles. The summed E-state index contributed by atoms with van der Waals surface area (Å²) in [5.41, 5.74) is 3.12. The highest BCUT2D eigenvalue weighted by atomic mass is 32.2. The van der Waals surface area contributed by atoms with Crippen LogP contribution in [0.3, 0.4) is 0 Å². The van der Waals surface area contributed by atoms with Gasteiger partial charge in [0.05, 0.1) is 0 Å². The molecule has 1 N–H and O–H groups in total. The third kappa shape index (κ3) is 3.88. The van der Waals surface area contributed by atoms with Crippen LogP contribution in [0.4, 0.5) is 5.69 Å². The molecule has 1 heterocycles. The fourth-order valence-electron chi connectivity index (χ4n) is 3.55. The Morgan fingerprint density at radius 1 is 1.35 bits per heavy atom. The van der Waals surface area contributed by atoms with E-state index < -0.39 is 0 Å². The number of rotatable bonds is 7. The Morgan fingerprint density at radius 3 is 2.69 bits per heavy atom. The lowest BCUT2D eigenvalue weighted by molar-refractivity contribution is 0.495. The predicted octanol–water partition coefficient (Wildman–Crippen LogP) is 3.63. The maximum Gasteiger partial charge on any atom is 0.273 e. The van der Waals surface area contributed by atoms with Crippen LogP contribution >= 0.6 is 11.8 Å². The largest absolute Gasteiger partial charge is 0.387 e. The number of pyridine rings is 1. The van der Waals surface area contributed by atoms with Gasteiger partial charge in [0, 0.05) is 45.0 Å². The molecule has 4 nitrogen and oxygen atoms in total. The van der Waals surface area contributed by atoms with E-state index >= 15 is 0 Å². The van der Waals surface area contributed by atoms with Crippen LogP contribution in [0.1, 0.15) is 38.7 Å². The van der Waals surface area contributed by atoms with Crippen molar-refractivity contribution in [3.63, 3.8) is 0 Å². The van der Waals surface area contributed by atoms with Gasteiger partial charge >= 0.3 is 0 Å². The van der Waals surface area contributed by atoms with Gasteiger partial charge in [0.2, 0.25) is 0 Å². The van der Waals surface area contributed by atoms with Crippen LogP contribution in [0.25, 0.3) is 0 Å². The van der Waals surface area contributed by atoms with Crippen molar-refractivity contribution in [2.75, 3.05) is 31.3 Å². The summed E-state index contributed by atoms with van der Waals surface area (Å²) in [4.78, 5) is 15.8. The molecule has 1 unspecified atom stereocenters. The zero-order valence-electron chi connectivity index (χ0n) is 16.6. The molecule has 1 fully saturated rings. The second kappa shape index (κ2) is 7.55. The van der Waals surface area contributed by atoms with Gasteiger partial charge in [-0.1, -0.05) is 13.0 Å². The van der Waals surface area contributed by atoms with Crippen molar-refractivity contribution in [2.24, 2.45) is 13.0 Å². The number of nitrogens with zero attached hydrogens (tertiary/aromatic N) is 2. The summed E-state index contributed by atoms with van der Waals surface area (Å²) in [6.07, 6.45) is 10.2. The van der Waals surface area contributed by atoms with Crippen LogP contribution in [0.15, 0.2) is 39.8 Å². The molecule has 0 saturated heterocycles. The summed E-state index contributed by atoms with van der Waals surface area (Å²) in [7, 11) is 5.72. The Balaban J connectivity index is 2.01. The van der Waals surface area contributed by atoms with E-state index in [4.69, 9.17) is 0 Å². The van der Waals surface area contributed by atoms with Crippen molar-refractivity contribution in [3.8, 4) is 0 Å². The first-order valence-electron chi connectivity index (χ1n) is 9.51. The lowest BCUT2D eigenvalue weighted by Gasteiger charge is -2.37. The number of nitrogens with one attached hydrogen (secondary N) is 1. The molecule has 2 aliphatic rings. The molecule has 1 aromatic rings. The van der Waals surface area contributed by atoms with E-state index in [9.17, 15) is 4.79 Å². The Morgan fingerprint density at radius 2 is 2.08 bits per heavy atom. The van der Waals surface area contributed by atoms with Crippen LogP contribution in [-0.4, -0.2) is 31.0 Å². The van der Waals surface area contributed by atoms with Gasteiger partial charge in [0.1, 0.15) is 5.69 Å². The minimum Gasteiger partial charge on any atom is -0.387 e. The van der Waals surface area contributed by atoms with Gasteiger partial charge in [-0.15, -0.1) is 11.8 Å². The van der Waals surface area contributed by atoms with Gasteiger partial charge in [0.25, 0.3) is 5.56 Å². The number of aryl methyl sites for hydroxylation is 1. The van der Waals surface area contributed by atoms with Gasteiger partial charge < -0.3 is 14.8 Å². The highest BCUT2D eigenvalue weighted by molar-refractivity contribution is 8.03. The first-order chi connectivity index (χ1) is 12.3. The predicted molar refractivity (Wildman–Crippen MR) is 113 cm³/mol. The summed E-state index contributed by atoms with van der Waals surface area (Å²) in [6.45, 7) is 5.56. The lowest BCUT2D eigenvalue weighted by Crippen LogP contribution is -2.37. The highest BCUT2D eigenvalue weighted by Gasteiger charge is 2.36. The van der Waals surface area contributed by atoms with Crippen molar-refractivity contribution in [2.45, 2.75) is 38.5 Å². The van der Waals surface area contributed by atoms with Gasteiger partial charge in [-0.25, -0.2) is 0 Å². The summed E-state index contributed by atoms with van der Waals surface area (Å²) in [5, 5.41) is 3.72. The Kier molecular flexibility index (Phi) is 5.56. The standard InChI is InChI=1S/C21H31N3OS/c1-6-26-17-9-10-19(22-13-15-7-8-15)21(2,12-17)16-11-18(23(3)4)20(25)24(5)14-16/h9-11,14-15,22H,6-8,12-13H2,1-5H3. The third-order valence-electron chi connectivity index (χ3n) is 5.45. The van der Waals surface area contributed by atoms with Crippen molar-refractivity contribution >= 4 is 17.4 Å². The fourth-order valence-corrected chi connectivity index (χ4v) is 4.48. The maximum absolute atomic E-state index is 12.5. The molecule has 0 radical (unpaired) electrons. The quantitative estimate of drug-likeness (QED) is 0.792. The Labute approximate surface area is 161 Å². The van der Waals surface area contributed by atoms with Crippen LogP contribution in [0.5, 0.6) is 0 Å². The molecule has 142 valence electrons. The van der Waals surface area contributed by atoms with E-state index in [1.807, 2.05) is 44.0 Å². The van der Waals surface area contributed by atoms with Crippen LogP contribution in [0, 0.1) is 5.92 Å². The first kappa shape index (κ1) is 19.2. The van der Waals surface area contributed by atoms with E-state index in [2.05, 4.69) is 37.4 Å². The van der Waals surface area contributed by atoms with Crippen molar-refractivity contribution < 1.29 is 0 Å². The molecule has 1 saturated carbocycles. The number of allylic oxidation sites excluding steroid dienone is 4. The van der Waals surface area contributed by atoms with Crippen molar-refractivity contribution in [1.82, 2.24) is 9.88 Å². The summed E-state index contributed by atoms with van der Waals surface area (Å²) < 4.78 is 1.72. The maximum atomic E-state index is 12.5. The summed E-state index contributed by atoms with van der Waals surface area (Å²) >= 11 is 1.92. The van der Waals surface area contributed by atoms with Gasteiger partial charge in [0.15, 0.2) is 0 Å². The lowest BCUT2D eigenvalue weighted by atomic mass is 9.74. The summed E-state index contributed by atoms with van der Waals surface area (Å²) in [6, 6.07) is 2.08. The van der Waals surface area contributed by atoms with E-state index in [-0.39, 0.29) is 11.0 Å². The van der Waals surface area contributed by atoms with Gasteiger partial charge in [-0.2, -0.15) is 0 Å². The molecular weight excluding hydrogens is 342 g/mol. The van der Waals surface area contributed by atoms with Crippen molar-refractivity contribution in [3.05, 3.63) is 50.9 Å². The van der Waals surface area contributed by atoms with Crippen LogP contribution < -0.4 is 15.8 Å². The molecule has 1 atom stereocenters. The number of anilines is 1. The topological polar surface area (TPSA) is 37.3 Å². The van der Waals surface area contributed by atoms with Gasteiger partial charge in [-0.05, 0) is 60.5 Å². The second-order valence-electron chi connectivity index (χ2n) is 7.90. The molecule has 2 aliphatic carbocycles. The van der Waals surface area contributed by atoms with E-state index in [1.165, 1.54) is 29.0 Å². The smallest absolute Gasteiger partial charge is 0.273 e. The minimum absolute atomic E-state index is 0.0494. The number of aromatic nitrogens is 1. The van der Waals surface area contributed by atoms with Crippen molar-refractivity contribution in [1.29, 1.82) is 0 Å². The van der Waals surface area contributed by atoms with E-state index in [0.717, 1.165) is 30.3 Å². The SMILES string of the molecule is CCSC1=CC=C(NCC2CC2)C(C)(c2cc(N(C)C)c(=O)n(C)c2)C1. The number of hydrogen-bond donors (Lipinski definition) is 1. The molecule has 5 heteroatoms. The molecule has 0 bridgehead atoms. The molecule has 0 amide bonds. The number of thioether (sulfide) groups is 1. The number of hydrogen-bond acceptors (Lipinski definition) is 4. The van der Waals surface area contributed by atoms with Gasteiger partial charge in [-0.3, -0.25) is 4.79 Å². The molecule has 0 aliphatic heterocycles. The average molecular weight is 374 g/mol. The van der Waals surface area contributed by atoms with Crippen LogP contribution in [0.2, 0.25) is 0 Å². The van der Waals surface area contributed by atoms with Crippen LogP contribution in [-0.2, 0) is 12.5 Å². The highest BCUT2D eigenvalue weighted by Crippen LogP contribution is 2.43. The summed E-state index contributed by atoms with van der Waals surface area (Å²) in [5.74, 6) is 1.91. The normalized spacial score (nSPS) is 22.7. The molecule has 0 spiro atoms. The average Bonchev–Trinajstić information content (AvgIpc) is 3.40. The minimum atomic E-state index is -0.142. The molecular formula is C21H31N3OS. The molecule has 26 heavy (non-hydrogen) atoms. The third-order valence-corrected chi connectivity index (χ3v) is 6.39. The zero-order chi connectivity index (χ0) is 18.9. The van der Waals surface area contributed by atoms with E-state index in [1.54, 1.807) is 4.57 Å². The zero-order valence-corrected chi connectivity index (χ0v) is 17.4. The first-order valence-corrected chi connectivity index (χ1v) is 10.5. The second-order valence-corrected chi connectivity index (χ2v) is 9.29. The fraction of sp³-hybridized carbons (Fsp3) is 0.571.